The van der Waals surface area contributed by atoms with Gasteiger partial charge in [-0.2, -0.15) is 0 Å². The van der Waals surface area contributed by atoms with Crippen molar-refractivity contribution in [2.75, 3.05) is 31.5 Å². The molecule has 0 aromatic heterocycles. The number of esters is 1. The maximum atomic E-state index is 12.5. The average Bonchev–Trinajstić information content (AvgIpc) is 2.96. The fraction of sp³-hybridized carbons (Fsp3) is 0.200. The Hall–Kier alpha value is -3.68. The van der Waals surface area contributed by atoms with Crippen LogP contribution in [0.3, 0.4) is 0 Å². The van der Waals surface area contributed by atoms with Gasteiger partial charge in [-0.3, -0.25) is 0 Å². The number of aromatic carboxylic acids is 1. The zero-order valence-electron chi connectivity index (χ0n) is 15.2. The fourth-order valence-corrected chi connectivity index (χ4v) is 3.48. The minimum atomic E-state index is -1.03. The first-order chi connectivity index (χ1) is 13.5. The van der Waals surface area contributed by atoms with Gasteiger partial charge in [-0.25, -0.2) is 9.59 Å². The predicted octanol–water partition coefficient (Wildman–Crippen LogP) is 2.79. The van der Waals surface area contributed by atoms with Crippen LogP contribution >= 0.6 is 0 Å². The van der Waals surface area contributed by atoms with E-state index in [0.29, 0.717) is 39.7 Å². The van der Waals surface area contributed by atoms with Crippen molar-refractivity contribution in [1.29, 1.82) is 0 Å². The van der Waals surface area contributed by atoms with Crippen LogP contribution < -0.4 is 20.1 Å². The molecule has 0 bridgehead atoms. The molecule has 2 heterocycles. The number of fused-ring (bicyclic) bond motifs is 1. The van der Waals surface area contributed by atoms with Crippen molar-refractivity contribution in [1.82, 2.24) is 0 Å². The number of carbonyl (C=O) groups excluding carboxylic acids is 1. The van der Waals surface area contributed by atoms with Crippen LogP contribution in [0.25, 0.3) is 0 Å². The number of nitrogens with one attached hydrogen (secondary N) is 2. The Morgan fingerprint density at radius 2 is 2.00 bits per heavy atom. The highest BCUT2D eigenvalue weighted by atomic mass is 16.5. The third kappa shape index (κ3) is 2.79. The monoisotopic (exact) mass is 382 g/mol. The van der Waals surface area contributed by atoms with Crippen molar-refractivity contribution in [2.45, 2.75) is 6.04 Å². The molecule has 0 fully saturated rings. The normalized spacial score (nSPS) is 17.5. The lowest BCUT2D eigenvalue weighted by Gasteiger charge is -2.23. The molecule has 144 valence electrons. The number of hydrogen-bond acceptors (Lipinski definition) is 7. The van der Waals surface area contributed by atoms with Crippen LogP contribution in [0.5, 0.6) is 11.5 Å². The summed E-state index contributed by atoms with van der Waals surface area (Å²) in [6.45, 7) is 0.0787. The van der Waals surface area contributed by atoms with E-state index in [2.05, 4.69) is 10.6 Å². The predicted molar refractivity (Wildman–Crippen MR) is 101 cm³/mol. The van der Waals surface area contributed by atoms with E-state index in [1.807, 2.05) is 12.1 Å². The molecule has 2 aliphatic heterocycles. The maximum absolute atomic E-state index is 12.5. The number of benzene rings is 2. The van der Waals surface area contributed by atoms with Gasteiger partial charge >= 0.3 is 11.9 Å². The highest BCUT2D eigenvalue weighted by Crippen LogP contribution is 2.44. The Bertz CT molecular complexity index is 1010. The van der Waals surface area contributed by atoms with E-state index < -0.39 is 18.0 Å². The van der Waals surface area contributed by atoms with Crippen molar-refractivity contribution >= 4 is 23.3 Å². The van der Waals surface area contributed by atoms with Crippen molar-refractivity contribution in [3.05, 3.63) is 58.8 Å². The molecule has 8 nitrogen and oxygen atoms in total. The van der Waals surface area contributed by atoms with Gasteiger partial charge in [-0.05, 0) is 24.3 Å². The van der Waals surface area contributed by atoms with Crippen molar-refractivity contribution in [3.63, 3.8) is 0 Å². The third-order valence-electron chi connectivity index (χ3n) is 4.78. The van der Waals surface area contributed by atoms with Crippen LogP contribution in [0.4, 0.5) is 11.4 Å². The first kappa shape index (κ1) is 17.7. The number of carbonyl (C=O) groups is 2. The van der Waals surface area contributed by atoms with Crippen molar-refractivity contribution in [2.24, 2.45) is 0 Å². The molecule has 0 amide bonds. The highest BCUT2D eigenvalue weighted by molar-refractivity contribution is 5.98. The molecule has 2 aromatic rings. The maximum Gasteiger partial charge on any atom is 0.338 e. The summed E-state index contributed by atoms with van der Waals surface area (Å²) in [6, 6.07) is 9.54. The number of carboxylic acid groups (broad SMARTS) is 1. The molecule has 0 saturated heterocycles. The summed E-state index contributed by atoms with van der Waals surface area (Å²) in [7, 11) is 3.08. The summed E-state index contributed by atoms with van der Waals surface area (Å²) in [4.78, 5) is 23.8. The van der Waals surface area contributed by atoms with Crippen LogP contribution in [0.2, 0.25) is 0 Å². The topological polar surface area (TPSA) is 106 Å². The molecule has 0 aliphatic carbocycles. The molecule has 4 rings (SSSR count). The SMILES string of the molecule is COc1cccc(C2Nc3ccc(C(=O)O)cc3NC3=C2C(=O)OC3)c1OC. The fourth-order valence-electron chi connectivity index (χ4n) is 3.48. The van der Waals surface area contributed by atoms with Gasteiger partial charge in [0.05, 0.1) is 48.5 Å². The zero-order valence-corrected chi connectivity index (χ0v) is 15.2. The average molecular weight is 382 g/mol. The van der Waals surface area contributed by atoms with E-state index in [0.717, 1.165) is 0 Å². The summed E-state index contributed by atoms with van der Waals surface area (Å²) >= 11 is 0. The summed E-state index contributed by atoms with van der Waals surface area (Å²) in [5, 5.41) is 15.7. The molecular weight excluding hydrogens is 364 g/mol. The lowest BCUT2D eigenvalue weighted by Crippen LogP contribution is -2.18. The summed E-state index contributed by atoms with van der Waals surface area (Å²) in [5.74, 6) is -0.447. The molecule has 8 heteroatoms. The number of anilines is 2. The molecule has 0 radical (unpaired) electrons. The minimum Gasteiger partial charge on any atom is -0.493 e. The van der Waals surface area contributed by atoms with Gasteiger partial charge in [0.1, 0.15) is 6.61 Å². The number of para-hydroxylation sites is 1. The standard InChI is InChI=1S/C20H18N2O6/c1-26-15-5-3-4-11(18(15)27-2)17-16-14(9-28-20(16)25)21-13-8-10(19(23)24)6-7-12(13)22-17/h3-8,17,21-22H,9H2,1-2H3,(H,23,24). The lowest BCUT2D eigenvalue weighted by atomic mass is 9.96. The van der Waals surface area contributed by atoms with Gasteiger partial charge in [-0.1, -0.05) is 12.1 Å². The van der Waals surface area contributed by atoms with E-state index in [-0.39, 0.29) is 12.2 Å². The number of ether oxygens (including phenoxy) is 3. The van der Waals surface area contributed by atoms with Gasteiger partial charge in [0.2, 0.25) is 0 Å². The first-order valence-electron chi connectivity index (χ1n) is 8.55. The molecular formula is C20H18N2O6. The Morgan fingerprint density at radius 3 is 2.71 bits per heavy atom. The van der Waals surface area contributed by atoms with Crippen LogP contribution in [0.15, 0.2) is 47.7 Å². The Balaban J connectivity index is 1.88. The number of rotatable bonds is 4. The van der Waals surface area contributed by atoms with Gasteiger partial charge in [0.25, 0.3) is 0 Å². The summed E-state index contributed by atoms with van der Waals surface area (Å²) in [6.07, 6.45) is 0. The smallest absolute Gasteiger partial charge is 0.338 e. The number of methoxy groups -OCH3 is 2. The number of hydrogen-bond donors (Lipinski definition) is 3. The Kier molecular flexibility index (Phi) is 4.31. The van der Waals surface area contributed by atoms with E-state index in [1.54, 1.807) is 19.2 Å². The summed E-state index contributed by atoms with van der Waals surface area (Å²) in [5.41, 5.74) is 3.04. The van der Waals surface area contributed by atoms with Crippen LogP contribution in [0, 0.1) is 0 Å². The first-order valence-corrected chi connectivity index (χ1v) is 8.55. The molecule has 2 aliphatic rings. The van der Waals surface area contributed by atoms with Gasteiger partial charge < -0.3 is 30.0 Å². The van der Waals surface area contributed by atoms with E-state index in [4.69, 9.17) is 14.2 Å². The van der Waals surface area contributed by atoms with E-state index in [9.17, 15) is 14.7 Å². The highest BCUT2D eigenvalue weighted by Gasteiger charge is 2.37. The number of cyclic esters (lactones) is 1. The molecule has 1 unspecified atom stereocenters. The second-order valence-electron chi connectivity index (χ2n) is 6.32. The quantitative estimate of drug-likeness (QED) is 0.693. The van der Waals surface area contributed by atoms with Crippen molar-refractivity contribution < 1.29 is 28.9 Å². The third-order valence-corrected chi connectivity index (χ3v) is 4.78. The van der Waals surface area contributed by atoms with Gasteiger partial charge in [-0.15, -0.1) is 0 Å². The molecule has 2 aromatic carbocycles. The Labute approximate surface area is 160 Å². The molecule has 1 atom stereocenters. The van der Waals surface area contributed by atoms with Crippen LogP contribution in [0.1, 0.15) is 22.0 Å². The van der Waals surface area contributed by atoms with Gasteiger partial charge in [0.15, 0.2) is 11.5 Å². The van der Waals surface area contributed by atoms with E-state index in [1.165, 1.54) is 19.2 Å². The van der Waals surface area contributed by atoms with Crippen molar-refractivity contribution in [3.8, 4) is 11.5 Å². The molecule has 28 heavy (non-hydrogen) atoms. The van der Waals surface area contributed by atoms with E-state index >= 15 is 0 Å². The molecule has 3 N–H and O–H groups in total. The molecule has 0 spiro atoms. The van der Waals surface area contributed by atoms with Crippen LogP contribution in [-0.2, 0) is 9.53 Å². The zero-order chi connectivity index (χ0) is 19.8. The second-order valence-corrected chi connectivity index (χ2v) is 6.32. The largest absolute Gasteiger partial charge is 0.493 e. The Morgan fingerprint density at radius 1 is 1.18 bits per heavy atom. The summed E-state index contributed by atoms with van der Waals surface area (Å²) < 4.78 is 16.2. The second kappa shape index (κ2) is 6.80. The molecule has 0 saturated carbocycles. The number of carboxylic acids is 1. The lowest BCUT2D eigenvalue weighted by molar-refractivity contribution is -0.136. The minimum absolute atomic E-state index is 0.0787. The van der Waals surface area contributed by atoms with Crippen LogP contribution in [-0.4, -0.2) is 37.9 Å². The van der Waals surface area contributed by atoms with Gasteiger partial charge in [0, 0.05) is 5.56 Å².